The predicted molar refractivity (Wildman–Crippen MR) is 127 cm³/mol. The van der Waals surface area contributed by atoms with Gasteiger partial charge in [-0.1, -0.05) is 30.3 Å². The first-order valence-electron chi connectivity index (χ1n) is 11.0. The van der Waals surface area contributed by atoms with Crippen molar-refractivity contribution in [2.24, 2.45) is 0 Å². The van der Waals surface area contributed by atoms with Crippen LogP contribution in [0.15, 0.2) is 60.7 Å². The lowest BCUT2D eigenvalue weighted by atomic mass is 9.98. The summed E-state index contributed by atoms with van der Waals surface area (Å²) in [6, 6.07) is 19.5. The highest BCUT2D eigenvalue weighted by Gasteiger charge is 2.22. The molecule has 33 heavy (non-hydrogen) atoms. The number of fused-ring (bicyclic) bond motifs is 1. The van der Waals surface area contributed by atoms with Crippen LogP contribution in [-0.2, 0) is 19.6 Å². The van der Waals surface area contributed by atoms with E-state index in [1.165, 1.54) is 5.56 Å². The van der Waals surface area contributed by atoms with Gasteiger partial charge in [0.05, 0.1) is 27.9 Å². The van der Waals surface area contributed by atoms with E-state index in [1.54, 1.807) is 39.5 Å². The third-order valence-electron chi connectivity index (χ3n) is 5.89. The van der Waals surface area contributed by atoms with Crippen molar-refractivity contribution in [3.05, 3.63) is 82.9 Å². The number of nitrogens with zero attached hydrogens (tertiary/aromatic N) is 1. The quantitative estimate of drug-likeness (QED) is 0.449. The zero-order valence-corrected chi connectivity index (χ0v) is 19.3. The van der Waals surface area contributed by atoms with Crippen molar-refractivity contribution in [1.82, 2.24) is 4.90 Å². The van der Waals surface area contributed by atoms with Gasteiger partial charge in [-0.25, -0.2) is 0 Å². The van der Waals surface area contributed by atoms with E-state index in [2.05, 4.69) is 11.0 Å². The molecule has 0 bridgehead atoms. The van der Waals surface area contributed by atoms with Gasteiger partial charge in [-0.15, -0.1) is 0 Å². The van der Waals surface area contributed by atoms with E-state index >= 15 is 0 Å². The molecule has 3 aromatic rings. The minimum Gasteiger partial charge on any atom is -0.493 e. The lowest BCUT2D eigenvalue weighted by Gasteiger charge is -2.29. The Morgan fingerprint density at radius 3 is 2.24 bits per heavy atom. The maximum absolute atomic E-state index is 12.9. The largest absolute Gasteiger partial charge is 0.493 e. The Morgan fingerprint density at radius 1 is 0.818 bits per heavy atom. The van der Waals surface area contributed by atoms with Crippen molar-refractivity contribution >= 4 is 5.78 Å². The predicted octanol–water partition coefficient (Wildman–Crippen LogP) is 4.53. The maximum atomic E-state index is 12.9. The number of carbonyl (C=O) groups is 1. The van der Waals surface area contributed by atoms with E-state index < -0.39 is 0 Å². The standard InChI is InChI=1S/C27H29NO5/c1-30-24-10-9-21(14-25(24)31-2)23(29)17-28-12-11-20-13-27(26(32-3)15-22(20)16-28)33-18-19-7-5-4-6-8-19/h4-10,13-15H,11-12,16-18H2,1-3H3. The van der Waals surface area contributed by atoms with Crippen LogP contribution in [0, 0.1) is 0 Å². The number of rotatable bonds is 9. The molecule has 0 radical (unpaired) electrons. The van der Waals surface area contributed by atoms with E-state index in [4.69, 9.17) is 18.9 Å². The van der Waals surface area contributed by atoms with Gasteiger partial charge >= 0.3 is 0 Å². The average molecular weight is 448 g/mol. The van der Waals surface area contributed by atoms with Crippen molar-refractivity contribution in [3.8, 4) is 23.0 Å². The second-order valence-electron chi connectivity index (χ2n) is 8.00. The van der Waals surface area contributed by atoms with Crippen LogP contribution in [0.4, 0.5) is 0 Å². The summed E-state index contributed by atoms with van der Waals surface area (Å²) in [6.07, 6.45) is 0.847. The molecule has 3 aromatic carbocycles. The van der Waals surface area contributed by atoms with Gasteiger partial charge in [-0.05, 0) is 53.4 Å². The summed E-state index contributed by atoms with van der Waals surface area (Å²) in [5, 5.41) is 0. The lowest BCUT2D eigenvalue weighted by molar-refractivity contribution is 0.0921. The van der Waals surface area contributed by atoms with Crippen molar-refractivity contribution in [1.29, 1.82) is 0 Å². The second-order valence-corrected chi connectivity index (χ2v) is 8.00. The summed E-state index contributed by atoms with van der Waals surface area (Å²) in [5.74, 6) is 2.67. The molecule has 0 aliphatic carbocycles. The molecule has 0 atom stereocenters. The molecule has 0 N–H and O–H groups in total. The smallest absolute Gasteiger partial charge is 0.176 e. The fourth-order valence-corrected chi connectivity index (χ4v) is 4.07. The Morgan fingerprint density at radius 2 is 1.52 bits per heavy atom. The Balaban J connectivity index is 1.44. The molecule has 4 rings (SSSR count). The van der Waals surface area contributed by atoms with Crippen LogP contribution in [0.3, 0.4) is 0 Å². The molecule has 0 saturated heterocycles. The fourth-order valence-electron chi connectivity index (χ4n) is 4.07. The van der Waals surface area contributed by atoms with Gasteiger partial charge in [0.1, 0.15) is 6.61 Å². The summed E-state index contributed by atoms with van der Waals surface area (Å²) < 4.78 is 22.2. The Bertz CT molecular complexity index is 1110. The number of ketones is 1. The second kappa shape index (κ2) is 10.4. The van der Waals surface area contributed by atoms with Crippen LogP contribution >= 0.6 is 0 Å². The SMILES string of the molecule is COc1ccc(C(=O)CN2CCc3cc(OCc4ccccc4)c(OC)cc3C2)cc1OC. The first kappa shape index (κ1) is 22.7. The molecule has 0 unspecified atom stereocenters. The molecule has 1 heterocycles. The third-order valence-corrected chi connectivity index (χ3v) is 5.89. The summed E-state index contributed by atoms with van der Waals surface area (Å²) >= 11 is 0. The molecule has 0 saturated carbocycles. The van der Waals surface area contributed by atoms with Gasteiger partial charge in [0, 0.05) is 18.7 Å². The molecular weight excluding hydrogens is 418 g/mol. The number of hydrogen-bond donors (Lipinski definition) is 0. The number of carbonyl (C=O) groups excluding carboxylic acids is 1. The van der Waals surface area contributed by atoms with E-state index in [-0.39, 0.29) is 5.78 Å². The highest BCUT2D eigenvalue weighted by atomic mass is 16.5. The van der Waals surface area contributed by atoms with Crippen molar-refractivity contribution in [2.75, 3.05) is 34.4 Å². The highest BCUT2D eigenvalue weighted by molar-refractivity contribution is 5.98. The minimum absolute atomic E-state index is 0.0502. The van der Waals surface area contributed by atoms with Gasteiger partial charge in [0.2, 0.25) is 0 Å². The van der Waals surface area contributed by atoms with Crippen molar-refractivity contribution < 1.29 is 23.7 Å². The molecule has 172 valence electrons. The number of Topliss-reactive ketones (excluding diaryl/α,β-unsaturated/α-hetero) is 1. The zero-order chi connectivity index (χ0) is 23.2. The molecule has 0 aromatic heterocycles. The average Bonchev–Trinajstić information content (AvgIpc) is 2.86. The Hall–Kier alpha value is -3.51. The van der Waals surface area contributed by atoms with Crippen molar-refractivity contribution in [3.63, 3.8) is 0 Å². The summed E-state index contributed by atoms with van der Waals surface area (Å²) in [4.78, 5) is 15.1. The monoisotopic (exact) mass is 447 g/mol. The minimum atomic E-state index is 0.0502. The van der Waals surface area contributed by atoms with E-state index in [9.17, 15) is 4.79 Å². The fraction of sp³-hybridized carbons (Fsp3) is 0.296. The molecular formula is C27H29NO5. The van der Waals surface area contributed by atoms with Crippen molar-refractivity contribution in [2.45, 2.75) is 19.6 Å². The lowest BCUT2D eigenvalue weighted by Crippen LogP contribution is -2.35. The van der Waals surface area contributed by atoms with Crippen LogP contribution in [0.5, 0.6) is 23.0 Å². The third kappa shape index (κ3) is 5.29. The van der Waals surface area contributed by atoms with Gasteiger partial charge in [-0.2, -0.15) is 0 Å². The van der Waals surface area contributed by atoms with Gasteiger partial charge in [-0.3, -0.25) is 9.69 Å². The maximum Gasteiger partial charge on any atom is 0.176 e. The van der Waals surface area contributed by atoms with Crippen LogP contribution in [0.2, 0.25) is 0 Å². The molecule has 1 aliphatic heterocycles. The van der Waals surface area contributed by atoms with Crippen LogP contribution in [-0.4, -0.2) is 45.1 Å². The molecule has 0 spiro atoms. The van der Waals surface area contributed by atoms with E-state index in [0.29, 0.717) is 42.5 Å². The highest BCUT2D eigenvalue weighted by Crippen LogP contribution is 2.34. The van der Waals surface area contributed by atoms with Gasteiger partial charge < -0.3 is 18.9 Å². The number of methoxy groups -OCH3 is 3. The van der Waals surface area contributed by atoms with Gasteiger partial charge in [0.15, 0.2) is 28.8 Å². The first-order chi connectivity index (χ1) is 16.1. The number of hydrogen-bond acceptors (Lipinski definition) is 6. The van der Waals surface area contributed by atoms with Crippen LogP contribution < -0.4 is 18.9 Å². The Labute approximate surface area is 194 Å². The molecule has 6 heteroatoms. The Kier molecular flexibility index (Phi) is 7.15. The van der Waals surface area contributed by atoms with Crippen LogP contribution in [0.25, 0.3) is 0 Å². The number of ether oxygens (including phenoxy) is 4. The van der Waals surface area contributed by atoms with E-state index in [0.717, 1.165) is 29.8 Å². The topological polar surface area (TPSA) is 57.2 Å². The first-order valence-corrected chi connectivity index (χ1v) is 11.0. The van der Waals surface area contributed by atoms with E-state index in [1.807, 2.05) is 36.4 Å². The molecule has 1 aliphatic rings. The normalized spacial score (nSPS) is 13.2. The summed E-state index contributed by atoms with van der Waals surface area (Å²) in [6.45, 7) is 2.31. The van der Waals surface area contributed by atoms with Gasteiger partial charge in [0.25, 0.3) is 0 Å². The number of benzene rings is 3. The molecule has 6 nitrogen and oxygen atoms in total. The summed E-state index contributed by atoms with van der Waals surface area (Å²) in [7, 11) is 4.80. The van der Waals surface area contributed by atoms with Crippen LogP contribution in [0.1, 0.15) is 27.0 Å². The molecule has 0 amide bonds. The summed E-state index contributed by atoms with van der Waals surface area (Å²) in [5.41, 5.74) is 4.11. The zero-order valence-electron chi connectivity index (χ0n) is 19.3. The molecule has 0 fully saturated rings.